The van der Waals surface area contributed by atoms with E-state index in [1.165, 1.54) is 0 Å². The topological polar surface area (TPSA) is 65.2 Å². The number of carbonyl (C=O) groups excluding carboxylic acids is 1. The van der Waals surface area contributed by atoms with Gasteiger partial charge in [0.25, 0.3) is 5.22 Å². The predicted molar refractivity (Wildman–Crippen MR) is 51.7 cm³/mol. The van der Waals surface area contributed by atoms with Crippen molar-refractivity contribution in [1.29, 1.82) is 0 Å². The van der Waals surface area contributed by atoms with Gasteiger partial charge in [-0.15, -0.1) is 5.10 Å². The highest BCUT2D eigenvalue weighted by atomic mass is 32.2. The number of hydrogen-bond donors (Lipinski definition) is 0. The van der Waals surface area contributed by atoms with Crippen molar-refractivity contribution in [2.45, 2.75) is 24.7 Å². The first-order valence-corrected chi connectivity index (χ1v) is 5.61. The largest absolute Gasteiger partial charge is 0.459 e. The third-order valence-corrected chi connectivity index (χ3v) is 2.29. The van der Waals surface area contributed by atoms with Crippen LogP contribution in [0.4, 0.5) is 13.2 Å². The molecule has 0 aliphatic heterocycles. The number of carbonyl (C=O) groups is 1. The minimum atomic E-state index is -4.23. The fourth-order valence-electron chi connectivity index (χ4n) is 0.797. The van der Waals surface area contributed by atoms with Gasteiger partial charge >= 0.3 is 18.0 Å². The van der Waals surface area contributed by atoms with Crippen LogP contribution in [0.5, 0.6) is 0 Å². The van der Waals surface area contributed by atoms with E-state index in [1.807, 2.05) is 0 Å². The van der Waals surface area contributed by atoms with Crippen molar-refractivity contribution in [2.24, 2.45) is 0 Å². The van der Waals surface area contributed by atoms with Gasteiger partial charge in [0, 0.05) is 5.75 Å². The van der Waals surface area contributed by atoms with Crippen LogP contribution in [0.3, 0.4) is 0 Å². The second-order valence-electron chi connectivity index (χ2n) is 2.81. The van der Waals surface area contributed by atoms with E-state index in [0.717, 1.165) is 11.8 Å². The molecule has 1 rings (SSSR count). The molecule has 0 aliphatic rings. The van der Waals surface area contributed by atoms with E-state index in [-0.39, 0.29) is 23.5 Å². The molecule has 0 aromatic carbocycles. The minimum absolute atomic E-state index is 0.0858. The number of esters is 1. The zero-order valence-electron chi connectivity index (χ0n) is 8.78. The summed E-state index contributed by atoms with van der Waals surface area (Å²) in [5.74, 6) is -1.39. The molecule has 0 aliphatic carbocycles. The molecule has 0 saturated heterocycles. The molecule has 17 heavy (non-hydrogen) atoms. The molecule has 0 unspecified atom stereocenters. The Balaban J connectivity index is 2.43. The highest BCUT2D eigenvalue weighted by Crippen LogP contribution is 2.25. The van der Waals surface area contributed by atoms with Crippen LogP contribution >= 0.6 is 11.8 Å². The van der Waals surface area contributed by atoms with E-state index < -0.39 is 18.6 Å². The summed E-state index contributed by atoms with van der Waals surface area (Å²) in [5.41, 5.74) is 0. The summed E-state index contributed by atoms with van der Waals surface area (Å²) in [5, 5.41) is 6.69. The van der Waals surface area contributed by atoms with Crippen molar-refractivity contribution in [1.82, 2.24) is 10.2 Å². The number of ether oxygens (including phenoxy) is 1. The third-order valence-electron chi connectivity index (χ3n) is 1.47. The van der Waals surface area contributed by atoms with Gasteiger partial charge < -0.3 is 9.15 Å². The molecular weight excluding hydrogens is 261 g/mol. The molecule has 96 valence electrons. The Bertz CT molecular complexity index is 380. The summed E-state index contributed by atoms with van der Waals surface area (Å²) in [4.78, 5) is 11.1. The molecule has 0 bridgehead atoms. The lowest BCUT2D eigenvalue weighted by molar-refractivity contribution is -0.129. The Labute approximate surface area is 98.7 Å². The summed E-state index contributed by atoms with van der Waals surface area (Å²) in [6.07, 6.45) is -5.19. The minimum Gasteiger partial charge on any atom is -0.459 e. The average Bonchev–Trinajstić information content (AvgIpc) is 2.65. The van der Waals surface area contributed by atoms with Gasteiger partial charge in [-0.1, -0.05) is 16.9 Å². The zero-order chi connectivity index (χ0) is 12.9. The molecule has 0 atom stereocenters. The number of rotatable bonds is 5. The fourth-order valence-corrected chi connectivity index (χ4v) is 1.54. The molecule has 0 N–H and O–H groups in total. The van der Waals surface area contributed by atoms with Gasteiger partial charge in [0.2, 0.25) is 0 Å². The first kappa shape index (κ1) is 13.8. The van der Waals surface area contributed by atoms with Crippen LogP contribution in [-0.2, 0) is 4.74 Å². The molecule has 1 aromatic rings. The van der Waals surface area contributed by atoms with Crippen molar-refractivity contribution < 1.29 is 27.1 Å². The van der Waals surface area contributed by atoms with E-state index in [2.05, 4.69) is 14.9 Å². The fraction of sp³-hybridized carbons (Fsp3) is 0.625. The number of hydrogen-bond acceptors (Lipinski definition) is 6. The number of alkyl halides is 3. The summed E-state index contributed by atoms with van der Waals surface area (Å²) < 4.78 is 44.9. The Morgan fingerprint density at radius 2 is 2.18 bits per heavy atom. The number of aromatic nitrogens is 2. The Morgan fingerprint density at radius 1 is 1.47 bits per heavy atom. The van der Waals surface area contributed by atoms with Gasteiger partial charge in [0.15, 0.2) is 0 Å². The number of halogens is 3. The van der Waals surface area contributed by atoms with Gasteiger partial charge in [-0.2, -0.15) is 13.2 Å². The van der Waals surface area contributed by atoms with Crippen LogP contribution in [-0.4, -0.2) is 34.7 Å². The molecule has 5 nitrogen and oxygen atoms in total. The first-order chi connectivity index (χ1) is 7.92. The van der Waals surface area contributed by atoms with E-state index in [9.17, 15) is 18.0 Å². The summed E-state index contributed by atoms with van der Waals surface area (Å²) >= 11 is 0.736. The van der Waals surface area contributed by atoms with E-state index in [4.69, 9.17) is 4.42 Å². The SMILES string of the molecule is CCOC(=O)c1nnc(SCCC(F)(F)F)o1. The summed E-state index contributed by atoms with van der Waals surface area (Å²) in [6.45, 7) is 1.75. The monoisotopic (exact) mass is 270 g/mol. The van der Waals surface area contributed by atoms with Crippen LogP contribution in [0.25, 0.3) is 0 Å². The zero-order valence-corrected chi connectivity index (χ0v) is 9.60. The van der Waals surface area contributed by atoms with Gasteiger partial charge in [0.1, 0.15) is 0 Å². The third kappa shape index (κ3) is 5.07. The van der Waals surface area contributed by atoms with Crippen LogP contribution in [0.1, 0.15) is 24.0 Å². The maximum Gasteiger partial charge on any atom is 0.396 e. The first-order valence-electron chi connectivity index (χ1n) is 4.62. The maximum atomic E-state index is 11.8. The molecule has 0 radical (unpaired) electrons. The van der Waals surface area contributed by atoms with Crippen LogP contribution in [0, 0.1) is 0 Å². The molecule has 0 fully saturated rings. The number of nitrogens with zero attached hydrogens (tertiary/aromatic N) is 2. The second-order valence-corrected chi connectivity index (χ2v) is 3.85. The van der Waals surface area contributed by atoms with Crippen molar-refractivity contribution in [2.75, 3.05) is 12.4 Å². The molecular formula is C8H9F3N2O3S. The molecule has 1 heterocycles. The highest BCUT2D eigenvalue weighted by Gasteiger charge is 2.27. The molecule has 9 heteroatoms. The lowest BCUT2D eigenvalue weighted by atomic mass is 10.5. The Hall–Kier alpha value is -1.25. The number of thioether (sulfide) groups is 1. The second kappa shape index (κ2) is 5.89. The van der Waals surface area contributed by atoms with Crippen molar-refractivity contribution in [3.63, 3.8) is 0 Å². The van der Waals surface area contributed by atoms with Gasteiger partial charge in [-0.05, 0) is 6.92 Å². The van der Waals surface area contributed by atoms with Gasteiger partial charge in [-0.25, -0.2) is 4.79 Å². The average molecular weight is 270 g/mol. The Kier molecular flexibility index (Phi) is 4.79. The van der Waals surface area contributed by atoms with Crippen molar-refractivity contribution >= 4 is 17.7 Å². The smallest absolute Gasteiger partial charge is 0.396 e. The quantitative estimate of drug-likeness (QED) is 0.604. The highest BCUT2D eigenvalue weighted by molar-refractivity contribution is 7.99. The molecule has 1 aromatic heterocycles. The lowest BCUT2D eigenvalue weighted by Gasteiger charge is -2.02. The van der Waals surface area contributed by atoms with Crippen molar-refractivity contribution in [3.05, 3.63) is 5.89 Å². The van der Waals surface area contributed by atoms with Crippen molar-refractivity contribution in [3.8, 4) is 0 Å². The Morgan fingerprint density at radius 3 is 2.76 bits per heavy atom. The molecule has 0 amide bonds. The van der Waals surface area contributed by atoms with Crippen LogP contribution in [0.15, 0.2) is 9.64 Å². The summed E-state index contributed by atoms with van der Waals surface area (Å²) in [7, 11) is 0. The van der Waals surface area contributed by atoms with E-state index >= 15 is 0 Å². The maximum absolute atomic E-state index is 11.8. The van der Waals surface area contributed by atoms with Gasteiger partial charge in [-0.3, -0.25) is 0 Å². The normalized spacial score (nSPS) is 11.5. The van der Waals surface area contributed by atoms with E-state index in [0.29, 0.717) is 0 Å². The molecule has 0 spiro atoms. The molecule has 0 saturated carbocycles. The predicted octanol–water partition coefficient (Wildman–Crippen LogP) is 2.29. The lowest BCUT2D eigenvalue weighted by Crippen LogP contribution is -2.07. The summed E-state index contributed by atoms with van der Waals surface area (Å²) in [6, 6.07) is 0. The van der Waals surface area contributed by atoms with Crippen LogP contribution in [0.2, 0.25) is 0 Å². The van der Waals surface area contributed by atoms with Gasteiger partial charge in [0.05, 0.1) is 13.0 Å². The van der Waals surface area contributed by atoms with E-state index in [1.54, 1.807) is 6.92 Å². The standard InChI is InChI=1S/C8H9F3N2O3S/c1-2-15-6(14)5-12-13-7(16-5)17-4-3-8(9,10)11/h2-4H2,1H3. The van der Waals surface area contributed by atoms with Crippen LogP contribution < -0.4 is 0 Å².